The van der Waals surface area contributed by atoms with Crippen molar-refractivity contribution in [2.75, 3.05) is 52.1 Å². The summed E-state index contributed by atoms with van der Waals surface area (Å²) in [6, 6.07) is 5.38. The van der Waals surface area contributed by atoms with E-state index in [1.807, 2.05) is 37.7 Å². The molecule has 5 rings (SSSR count). The van der Waals surface area contributed by atoms with Gasteiger partial charge in [-0.1, -0.05) is 18.2 Å². The van der Waals surface area contributed by atoms with Gasteiger partial charge in [0.2, 0.25) is 5.91 Å². The number of aryl methyl sites for hydroxylation is 1. The molecule has 0 saturated carbocycles. The summed E-state index contributed by atoms with van der Waals surface area (Å²) < 4.78 is 46.6. The van der Waals surface area contributed by atoms with Gasteiger partial charge in [-0.3, -0.25) is 9.69 Å². The number of benzene rings is 1. The lowest BCUT2D eigenvalue weighted by atomic mass is 9.83. The molecule has 0 unspecified atom stereocenters. The predicted octanol–water partition coefficient (Wildman–Crippen LogP) is 4.45. The number of fused-ring (bicyclic) bond motifs is 1. The normalized spacial score (nSPS) is 18.6. The first kappa shape index (κ1) is 32.1. The number of aliphatic hydroxyl groups is 1. The molecule has 1 aromatic carbocycles. The van der Waals surface area contributed by atoms with Gasteiger partial charge in [-0.25, -0.2) is 28.1 Å². The Morgan fingerprint density at radius 1 is 1.18 bits per heavy atom. The van der Waals surface area contributed by atoms with Crippen molar-refractivity contribution < 1.29 is 23.1 Å². The molecular formula is C32H42F3N7O2. The third-order valence-corrected chi connectivity index (χ3v) is 9.07. The van der Waals surface area contributed by atoms with Gasteiger partial charge in [0, 0.05) is 49.0 Å². The Morgan fingerprint density at radius 2 is 1.86 bits per heavy atom. The van der Waals surface area contributed by atoms with Gasteiger partial charge >= 0.3 is 0 Å². The number of aromatic nitrogens is 3. The fourth-order valence-electron chi connectivity index (χ4n) is 6.24. The summed E-state index contributed by atoms with van der Waals surface area (Å²) in [5.74, 6) is -4.82. The third kappa shape index (κ3) is 6.12. The number of carbonyl (C=O) groups is 1. The van der Waals surface area contributed by atoms with Crippen molar-refractivity contribution in [3.63, 3.8) is 0 Å². The molecule has 2 fully saturated rings. The number of hydrogen-bond acceptors (Lipinski definition) is 8. The number of pyridine rings is 1. The predicted molar refractivity (Wildman–Crippen MR) is 163 cm³/mol. The summed E-state index contributed by atoms with van der Waals surface area (Å²) in [5, 5.41) is 15.4. The van der Waals surface area contributed by atoms with Crippen LogP contribution in [-0.4, -0.2) is 93.5 Å². The zero-order valence-corrected chi connectivity index (χ0v) is 26.2. The van der Waals surface area contributed by atoms with Gasteiger partial charge in [0.25, 0.3) is 5.92 Å². The van der Waals surface area contributed by atoms with E-state index in [0.29, 0.717) is 60.6 Å². The monoisotopic (exact) mass is 613 g/mol. The van der Waals surface area contributed by atoms with Crippen LogP contribution < -0.4 is 5.32 Å². The quantitative estimate of drug-likeness (QED) is 0.366. The van der Waals surface area contributed by atoms with E-state index < -0.39 is 34.9 Å². The van der Waals surface area contributed by atoms with Gasteiger partial charge in [0.15, 0.2) is 5.65 Å². The van der Waals surface area contributed by atoms with Gasteiger partial charge in [-0.15, -0.1) is 0 Å². The average Bonchev–Trinajstić information content (AvgIpc) is 2.91. The molecule has 0 spiro atoms. The lowest BCUT2D eigenvalue weighted by molar-refractivity contribution is -0.136. The van der Waals surface area contributed by atoms with Crippen molar-refractivity contribution in [3.8, 4) is 0 Å². The first-order valence-electron chi connectivity index (χ1n) is 15.2. The number of rotatable bonds is 9. The standard InChI is InChI=1S/C32H42F3N7O2/c1-19(2)42-15-22(16-42)32(34,35)25-9-7-8-23(28(25)33)20(3)38-29-24-14-26(21(4)39-30(24)37-18-36-29)31(44)10-12-41(13-11-31)27(43)17-40(5)6/h7-9,14,18-20,22,44H,10-13,15-17H2,1-6H3,(H,36,37,38,39)/t20-/m1/s1. The van der Waals surface area contributed by atoms with E-state index >= 15 is 13.2 Å². The molecule has 2 N–H and O–H groups in total. The number of anilines is 1. The van der Waals surface area contributed by atoms with Gasteiger partial charge in [0.05, 0.1) is 35.1 Å². The smallest absolute Gasteiger partial charge is 0.281 e. The van der Waals surface area contributed by atoms with Crippen LogP contribution in [0, 0.1) is 18.7 Å². The van der Waals surface area contributed by atoms with Crippen molar-refractivity contribution in [1.82, 2.24) is 29.7 Å². The van der Waals surface area contributed by atoms with Crippen LogP contribution in [0.4, 0.5) is 19.0 Å². The molecule has 9 nitrogen and oxygen atoms in total. The number of piperidine rings is 1. The molecule has 0 radical (unpaired) electrons. The van der Waals surface area contributed by atoms with Crippen LogP contribution in [0.5, 0.6) is 0 Å². The molecule has 2 aliphatic heterocycles. The maximum atomic E-state index is 15.7. The number of hydrogen-bond donors (Lipinski definition) is 2. The van der Waals surface area contributed by atoms with Crippen LogP contribution >= 0.6 is 0 Å². The van der Waals surface area contributed by atoms with E-state index in [9.17, 15) is 9.90 Å². The molecule has 2 saturated heterocycles. The zero-order chi connectivity index (χ0) is 32.0. The molecule has 44 heavy (non-hydrogen) atoms. The molecule has 3 aromatic rings. The summed E-state index contributed by atoms with van der Waals surface area (Å²) in [7, 11) is 3.68. The van der Waals surface area contributed by atoms with Crippen LogP contribution in [0.15, 0.2) is 30.6 Å². The van der Waals surface area contributed by atoms with Crippen LogP contribution in [0.25, 0.3) is 11.0 Å². The lowest BCUT2D eigenvalue weighted by Crippen LogP contribution is -2.56. The number of carbonyl (C=O) groups excluding carboxylic acids is 1. The Hall–Kier alpha value is -3.35. The Kier molecular flexibility index (Phi) is 8.90. The molecule has 0 aliphatic carbocycles. The van der Waals surface area contributed by atoms with Crippen molar-refractivity contribution in [2.24, 2.45) is 5.92 Å². The molecule has 2 aromatic heterocycles. The maximum absolute atomic E-state index is 15.7. The number of halogens is 3. The highest BCUT2D eigenvalue weighted by molar-refractivity contribution is 5.87. The fourth-order valence-corrected chi connectivity index (χ4v) is 6.24. The highest BCUT2D eigenvalue weighted by Gasteiger charge is 2.50. The molecule has 4 heterocycles. The van der Waals surface area contributed by atoms with E-state index in [2.05, 4.69) is 20.3 Å². The van der Waals surface area contributed by atoms with Crippen molar-refractivity contribution >= 4 is 22.8 Å². The van der Waals surface area contributed by atoms with Crippen molar-refractivity contribution in [2.45, 2.75) is 64.1 Å². The second-order valence-corrected chi connectivity index (χ2v) is 12.8. The second-order valence-electron chi connectivity index (χ2n) is 12.8. The minimum Gasteiger partial charge on any atom is -0.385 e. The number of likely N-dealkylation sites (N-methyl/N-ethyl adjacent to an activating group) is 1. The molecule has 2 aliphatic rings. The topological polar surface area (TPSA) is 97.7 Å². The minimum absolute atomic E-state index is 0.0126. The van der Waals surface area contributed by atoms with Gasteiger partial charge in [-0.05, 0) is 60.7 Å². The molecule has 1 atom stereocenters. The summed E-state index contributed by atoms with van der Waals surface area (Å²) in [6.07, 6.45) is 2.02. The SMILES string of the molecule is Cc1nc2ncnc(N[C@H](C)c3cccc(C(F)(F)C4CN(C(C)C)C4)c3F)c2cc1C1(O)CCN(C(=O)CN(C)C)CC1. The zero-order valence-electron chi connectivity index (χ0n) is 26.2. The molecule has 12 heteroatoms. The Bertz CT molecular complexity index is 1520. The summed E-state index contributed by atoms with van der Waals surface area (Å²) in [5.41, 5.74) is -0.0989. The Balaban J connectivity index is 1.39. The van der Waals surface area contributed by atoms with E-state index in [4.69, 9.17) is 0 Å². The van der Waals surface area contributed by atoms with Gasteiger partial charge in [0.1, 0.15) is 18.0 Å². The summed E-state index contributed by atoms with van der Waals surface area (Å²) in [4.78, 5) is 31.4. The van der Waals surface area contributed by atoms with Gasteiger partial charge < -0.3 is 20.2 Å². The molecule has 238 valence electrons. The Morgan fingerprint density at radius 3 is 2.50 bits per heavy atom. The number of nitrogens with one attached hydrogen (secondary N) is 1. The average molecular weight is 614 g/mol. The highest BCUT2D eigenvalue weighted by Crippen LogP contribution is 2.44. The largest absolute Gasteiger partial charge is 0.385 e. The third-order valence-electron chi connectivity index (χ3n) is 9.07. The number of likely N-dealkylation sites (tertiary alicyclic amines) is 2. The first-order valence-corrected chi connectivity index (χ1v) is 15.2. The maximum Gasteiger partial charge on any atom is 0.281 e. The van der Waals surface area contributed by atoms with Crippen molar-refractivity contribution in [1.29, 1.82) is 0 Å². The van der Waals surface area contributed by atoms with E-state index in [1.54, 1.807) is 24.8 Å². The van der Waals surface area contributed by atoms with Crippen LogP contribution in [0.1, 0.15) is 62.0 Å². The highest BCUT2D eigenvalue weighted by atomic mass is 19.3. The first-order chi connectivity index (χ1) is 20.7. The number of nitrogens with zero attached hydrogens (tertiary/aromatic N) is 6. The van der Waals surface area contributed by atoms with Crippen LogP contribution in [0.3, 0.4) is 0 Å². The van der Waals surface area contributed by atoms with E-state index in [0.717, 1.165) is 0 Å². The van der Waals surface area contributed by atoms with Crippen LogP contribution in [-0.2, 0) is 16.3 Å². The Labute approximate surface area is 256 Å². The summed E-state index contributed by atoms with van der Waals surface area (Å²) >= 11 is 0. The van der Waals surface area contributed by atoms with Crippen molar-refractivity contribution in [3.05, 3.63) is 58.8 Å². The molecule has 1 amide bonds. The van der Waals surface area contributed by atoms with E-state index in [-0.39, 0.29) is 30.6 Å². The van der Waals surface area contributed by atoms with Gasteiger partial charge in [-0.2, -0.15) is 0 Å². The van der Waals surface area contributed by atoms with Crippen LogP contribution in [0.2, 0.25) is 0 Å². The number of alkyl halides is 2. The molecule has 0 bridgehead atoms. The lowest BCUT2D eigenvalue weighted by Gasteiger charge is -2.45. The second kappa shape index (κ2) is 12.2. The molecular weight excluding hydrogens is 571 g/mol. The minimum atomic E-state index is -3.30. The fraction of sp³-hybridized carbons (Fsp3) is 0.562. The summed E-state index contributed by atoms with van der Waals surface area (Å²) in [6.45, 7) is 8.97. The number of amides is 1. The van der Waals surface area contributed by atoms with E-state index in [1.165, 1.54) is 24.5 Å².